The van der Waals surface area contributed by atoms with E-state index < -0.39 is 0 Å². The van der Waals surface area contributed by atoms with Crippen molar-refractivity contribution >= 4 is 17.3 Å². The summed E-state index contributed by atoms with van der Waals surface area (Å²) in [5.74, 6) is 2.24. The third-order valence-electron chi connectivity index (χ3n) is 4.07. The minimum Gasteiger partial charge on any atom is -0.384 e. The monoisotopic (exact) mass is 258 g/mol. The molecule has 1 fully saturated rings. The van der Waals surface area contributed by atoms with Crippen LogP contribution in [0.2, 0.25) is 5.02 Å². The Balaban J connectivity index is 1.67. The Morgan fingerprint density at radius 1 is 1.33 bits per heavy atom. The largest absolute Gasteiger partial charge is 0.384 e. The zero-order valence-corrected chi connectivity index (χ0v) is 10.8. The number of fused-ring (bicyclic) bond motifs is 2. The number of nitriles is 1. The smallest absolute Gasteiger partial charge is 0.0992 e. The average molecular weight is 259 g/mol. The molecule has 18 heavy (non-hydrogen) atoms. The molecular weight excluding hydrogens is 244 g/mol. The summed E-state index contributed by atoms with van der Waals surface area (Å²) in [7, 11) is 0. The second-order valence-corrected chi connectivity index (χ2v) is 5.63. The zero-order chi connectivity index (χ0) is 12.5. The lowest BCUT2D eigenvalue weighted by atomic mass is 9.93. The summed E-state index contributed by atoms with van der Waals surface area (Å²) in [6.45, 7) is 0.945. The predicted octanol–water partition coefficient (Wildman–Crippen LogP) is 3.84. The minimum absolute atomic E-state index is 0.648. The van der Waals surface area contributed by atoms with Gasteiger partial charge in [-0.15, -0.1) is 0 Å². The van der Waals surface area contributed by atoms with Crippen LogP contribution in [-0.2, 0) is 0 Å². The van der Waals surface area contributed by atoms with Crippen molar-refractivity contribution < 1.29 is 0 Å². The van der Waals surface area contributed by atoms with Crippen LogP contribution in [0.25, 0.3) is 0 Å². The van der Waals surface area contributed by atoms with Crippen LogP contribution in [0.3, 0.4) is 0 Å². The van der Waals surface area contributed by atoms with Crippen molar-refractivity contribution in [2.75, 3.05) is 11.9 Å². The van der Waals surface area contributed by atoms with Crippen LogP contribution < -0.4 is 5.32 Å². The van der Waals surface area contributed by atoms with Crippen LogP contribution in [0.4, 0.5) is 5.69 Å². The number of rotatable bonds is 3. The lowest BCUT2D eigenvalue weighted by Gasteiger charge is -2.19. The maximum atomic E-state index is 8.89. The first-order valence-electron chi connectivity index (χ1n) is 6.38. The summed E-state index contributed by atoms with van der Waals surface area (Å²) in [6, 6.07) is 7.49. The van der Waals surface area contributed by atoms with Gasteiger partial charge in [-0.1, -0.05) is 23.8 Å². The molecule has 0 heterocycles. The highest BCUT2D eigenvalue weighted by atomic mass is 35.5. The summed E-state index contributed by atoms with van der Waals surface area (Å²) >= 11 is 6.13. The fourth-order valence-corrected chi connectivity index (χ4v) is 3.29. The number of benzene rings is 1. The molecule has 0 radical (unpaired) electrons. The van der Waals surface area contributed by atoms with Gasteiger partial charge in [0.1, 0.15) is 0 Å². The summed E-state index contributed by atoms with van der Waals surface area (Å²) in [6.07, 6.45) is 7.31. The quantitative estimate of drug-likeness (QED) is 0.837. The van der Waals surface area contributed by atoms with E-state index in [1.807, 2.05) is 6.07 Å². The first-order chi connectivity index (χ1) is 8.76. The molecule has 0 aliphatic heterocycles. The molecule has 3 atom stereocenters. The Morgan fingerprint density at radius 3 is 2.89 bits per heavy atom. The van der Waals surface area contributed by atoms with Crippen molar-refractivity contribution in [2.45, 2.75) is 12.8 Å². The van der Waals surface area contributed by atoms with E-state index >= 15 is 0 Å². The lowest BCUT2D eigenvalue weighted by Crippen LogP contribution is -2.18. The van der Waals surface area contributed by atoms with Gasteiger partial charge >= 0.3 is 0 Å². The highest BCUT2D eigenvalue weighted by molar-refractivity contribution is 6.33. The van der Waals surface area contributed by atoms with Gasteiger partial charge in [-0.2, -0.15) is 5.26 Å². The van der Waals surface area contributed by atoms with E-state index in [4.69, 9.17) is 16.9 Å². The van der Waals surface area contributed by atoms with Crippen molar-refractivity contribution in [3.63, 3.8) is 0 Å². The van der Waals surface area contributed by atoms with Gasteiger partial charge < -0.3 is 5.32 Å². The van der Waals surface area contributed by atoms with Gasteiger partial charge in [0.2, 0.25) is 0 Å². The van der Waals surface area contributed by atoms with Gasteiger partial charge in [0, 0.05) is 6.54 Å². The first kappa shape index (κ1) is 11.6. The highest BCUT2D eigenvalue weighted by Crippen LogP contribution is 2.43. The van der Waals surface area contributed by atoms with Crippen LogP contribution in [0.15, 0.2) is 30.4 Å². The van der Waals surface area contributed by atoms with Gasteiger partial charge in [-0.25, -0.2) is 0 Å². The van der Waals surface area contributed by atoms with Crippen LogP contribution in [0.1, 0.15) is 18.4 Å². The maximum Gasteiger partial charge on any atom is 0.0992 e. The van der Waals surface area contributed by atoms with Crippen molar-refractivity contribution in [2.24, 2.45) is 17.8 Å². The van der Waals surface area contributed by atoms with E-state index in [-0.39, 0.29) is 0 Å². The molecule has 0 saturated heterocycles. The molecule has 3 heteroatoms. The normalized spacial score (nSPS) is 28.3. The molecule has 1 aromatic rings. The summed E-state index contributed by atoms with van der Waals surface area (Å²) in [4.78, 5) is 0. The number of halogens is 1. The maximum absolute atomic E-state index is 8.89. The summed E-state index contributed by atoms with van der Waals surface area (Å²) in [5.41, 5.74) is 1.53. The Labute approximate surface area is 112 Å². The minimum atomic E-state index is 0.648. The van der Waals surface area contributed by atoms with Crippen LogP contribution in [0.5, 0.6) is 0 Å². The van der Waals surface area contributed by atoms with Crippen molar-refractivity contribution in [1.82, 2.24) is 0 Å². The predicted molar refractivity (Wildman–Crippen MR) is 73.5 cm³/mol. The van der Waals surface area contributed by atoms with E-state index in [2.05, 4.69) is 23.5 Å². The number of hydrogen-bond acceptors (Lipinski definition) is 2. The topological polar surface area (TPSA) is 35.8 Å². The Bertz CT molecular complexity index is 530. The SMILES string of the molecule is N#Cc1ccc(Cl)c(NCC2CC3C=CC2C3)c1. The Kier molecular flexibility index (Phi) is 3.01. The molecule has 3 rings (SSSR count). The number of nitrogens with one attached hydrogen (secondary N) is 1. The fraction of sp³-hybridized carbons (Fsp3) is 0.400. The average Bonchev–Trinajstić information content (AvgIpc) is 3.00. The third kappa shape index (κ3) is 2.11. The van der Waals surface area contributed by atoms with Gasteiger partial charge in [-0.05, 0) is 48.8 Å². The van der Waals surface area contributed by atoms with E-state index in [1.165, 1.54) is 12.8 Å². The molecule has 2 nitrogen and oxygen atoms in total. The van der Waals surface area contributed by atoms with Gasteiger partial charge in [-0.3, -0.25) is 0 Å². The van der Waals surface area contributed by atoms with Gasteiger partial charge in [0.25, 0.3) is 0 Å². The van der Waals surface area contributed by atoms with E-state index in [1.54, 1.807) is 12.1 Å². The number of nitrogens with zero attached hydrogens (tertiary/aromatic N) is 1. The standard InChI is InChI=1S/C15H15ClN2/c16-14-4-2-11(8-17)7-15(14)18-9-13-6-10-1-3-12(13)5-10/h1-4,7,10,12-13,18H,5-6,9H2. The molecule has 0 spiro atoms. The summed E-state index contributed by atoms with van der Waals surface area (Å²) in [5, 5.41) is 13.0. The second kappa shape index (κ2) is 4.66. The van der Waals surface area contributed by atoms with Crippen LogP contribution in [0, 0.1) is 29.1 Å². The van der Waals surface area contributed by atoms with Crippen LogP contribution >= 0.6 is 11.6 Å². The highest BCUT2D eigenvalue weighted by Gasteiger charge is 2.35. The van der Waals surface area contributed by atoms with Crippen LogP contribution in [-0.4, -0.2) is 6.54 Å². The molecular formula is C15H15ClN2. The fourth-order valence-electron chi connectivity index (χ4n) is 3.10. The Morgan fingerprint density at radius 2 is 2.22 bits per heavy atom. The number of hydrogen-bond donors (Lipinski definition) is 1. The first-order valence-corrected chi connectivity index (χ1v) is 6.76. The van der Waals surface area contributed by atoms with Crippen molar-refractivity contribution in [3.05, 3.63) is 40.9 Å². The molecule has 2 bridgehead atoms. The molecule has 1 aromatic carbocycles. The Hall–Kier alpha value is -1.46. The van der Waals surface area contributed by atoms with Crippen molar-refractivity contribution in [1.29, 1.82) is 5.26 Å². The van der Waals surface area contributed by atoms with Gasteiger partial charge in [0.15, 0.2) is 0 Å². The lowest BCUT2D eigenvalue weighted by molar-refractivity contribution is 0.472. The van der Waals surface area contributed by atoms with E-state index in [0.29, 0.717) is 16.5 Å². The van der Waals surface area contributed by atoms with E-state index in [0.717, 1.165) is 24.1 Å². The molecule has 0 aromatic heterocycles. The summed E-state index contributed by atoms with van der Waals surface area (Å²) < 4.78 is 0. The molecule has 92 valence electrons. The number of allylic oxidation sites excluding steroid dienone is 2. The second-order valence-electron chi connectivity index (χ2n) is 5.23. The van der Waals surface area contributed by atoms with Gasteiger partial charge in [0.05, 0.1) is 22.3 Å². The third-order valence-corrected chi connectivity index (χ3v) is 4.40. The van der Waals surface area contributed by atoms with E-state index in [9.17, 15) is 0 Å². The van der Waals surface area contributed by atoms with Crippen molar-refractivity contribution in [3.8, 4) is 6.07 Å². The molecule has 1 saturated carbocycles. The molecule has 1 N–H and O–H groups in total. The zero-order valence-electron chi connectivity index (χ0n) is 10.1. The number of anilines is 1. The molecule has 2 aliphatic rings. The molecule has 0 amide bonds. The molecule has 3 unspecified atom stereocenters. The molecule has 2 aliphatic carbocycles.